The zero-order valence-electron chi connectivity index (χ0n) is 14.1. The highest BCUT2D eigenvalue weighted by molar-refractivity contribution is 7.88. The fourth-order valence-electron chi connectivity index (χ4n) is 1.74. The average molecular weight is 422 g/mol. The third kappa shape index (κ3) is 7.72. The fraction of sp³-hybridized carbons (Fsp3) is 0.125. The van der Waals surface area contributed by atoms with Gasteiger partial charge in [-0.25, -0.2) is 9.37 Å². The van der Waals surface area contributed by atoms with Crippen molar-refractivity contribution in [2.24, 2.45) is 5.73 Å². The number of carbonyl (C=O) groups excluding carboxylic acids is 1. The van der Waals surface area contributed by atoms with Gasteiger partial charge in [0.1, 0.15) is 5.82 Å². The van der Waals surface area contributed by atoms with Gasteiger partial charge in [-0.2, -0.15) is 21.6 Å². The molecule has 2 aromatic rings. The first-order chi connectivity index (χ1) is 12.8. The van der Waals surface area contributed by atoms with E-state index in [2.05, 4.69) is 4.98 Å². The lowest BCUT2D eigenvalue weighted by molar-refractivity contribution is -0.138. The topological polar surface area (TPSA) is 120 Å². The van der Waals surface area contributed by atoms with Crippen LogP contribution < -0.4 is 10.5 Å². The molecule has 7 nitrogen and oxygen atoms in total. The van der Waals surface area contributed by atoms with Crippen LogP contribution in [0.1, 0.15) is 21.5 Å². The van der Waals surface area contributed by atoms with E-state index in [0.29, 0.717) is 22.9 Å². The first kappa shape index (κ1) is 23.0. The van der Waals surface area contributed by atoms with Crippen LogP contribution in [0, 0.1) is 5.82 Å². The van der Waals surface area contributed by atoms with E-state index in [1.807, 2.05) is 0 Å². The first-order valence-electron chi connectivity index (χ1n) is 7.15. The van der Waals surface area contributed by atoms with Crippen molar-refractivity contribution in [2.45, 2.75) is 6.18 Å². The molecule has 0 unspecified atom stereocenters. The van der Waals surface area contributed by atoms with Crippen LogP contribution in [0.15, 0.2) is 41.9 Å². The lowest BCUT2D eigenvalue weighted by Crippen LogP contribution is -2.18. The minimum Gasteiger partial charge on any atom is -0.481 e. The molecule has 0 radical (unpaired) electrons. The van der Waals surface area contributed by atoms with Gasteiger partial charge in [-0.1, -0.05) is 0 Å². The third-order valence-corrected chi connectivity index (χ3v) is 3.43. The molecule has 0 aliphatic heterocycles. The van der Waals surface area contributed by atoms with Crippen molar-refractivity contribution < 1.29 is 40.1 Å². The van der Waals surface area contributed by atoms with E-state index >= 15 is 0 Å². The summed E-state index contributed by atoms with van der Waals surface area (Å²) in [6, 6.07) is 4.90. The van der Waals surface area contributed by atoms with E-state index in [9.17, 15) is 30.8 Å². The van der Waals surface area contributed by atoms with Gasteiger partial charge in [0.05, 0.1) is 23.6 Å². The molecule has 0 atom stereocenters. The number of hydrogen-bond acceptors (Lipinski definition) is 5. The maximum atomic E-state index is 12.5. The summed E-state index contributed by atoms with van der Waals surface area (Å²) in [5, 5.41) is 0.691. The number of primary amides is 1. The highest BCUT2D eigenvalue weighted by Gasteiger charge is 2.35. The predicted molar refractivity (Wildman–Crippen MR) is 91.3 cm³/mol. The molecule has 2 rings (SSSR count). The van der Waals surface area contributed by atoms with Crippen molar-refractivity contribution in [1.29, 1.82) is 0 Å². The number of methoxy groups -OCH3 is 1. The molecule has 0 aliphatic carbocycles. The number of ether oxygens (including phenoxy) is 1. The Morgan fingerprint density at radius 1 is 1.25 bits per heavy atom. The van der Waals surface area contributed by atoms with Crippen LogP contribution in [0.25, 0.3) is 6.08 Å². The van der Waals surface area contributed by atoms with Crippen LogP contribution in [0.2, 0.25) is 0 Å². The molecule has 0 saturated heterocycles. The Hall–Kier alpha value is -2.99. The average Bonchev–Trinajstić information content (AvgIpc) is 2.59. The third-order valence-electron chi connectivity index (χ3n) is 2.95. The first-order valence-corrected chi connectivity index (χ1v) is 8.66. The van der Waals surface area contributed by atoms with Gasteiger partial charge in [-0.3, -0.25) is 9.35 Å². The summed E-state index contributed by atoms with van der Waals surface area (Å²) in [5.41, 5.74) is 3.17. The van der Waals surface area contributed by atoms with Crippen LogP contribution in [0.3, 0.4) is 0 Å². The Labute approximate surface area is 157 Å². The number of pyridine rings is 1. The SMILES string of the molecule is COc1ccc(/C=C/S(=O)(=O)O)cn1.NC(=O)c1ccc(F)cc1C(F)(F)F. The van der Waals surface area contributed by atoms with Crippen LogP contribution in [-0.4, -0.2) is 31.0 Å². The Morgan fingerprint density at radius 2 is 1.89 bits per heavy atom. The lowest BCUT2D eigenvalue weighted by atomic mass is 10.1. The van der Waals surface area contributed by atoms with Gasteiger partial charge in [-0.15, -0.1) is 0 Å². The number of alkyl halides is 3. The molecule has 1 aromatic carbocycles. The second kappa shape index (κ2) is 9.28. The van der Waals surface area contributed by atoms with Gasteiger partial charge in [0.15, 0.2) is 0 Å². The molecule has 0 bridgehead atoms. The van der Waals surface area contributed by atoms with E-state index in [4.69, 9.17) is 15.0 Å². The van der Waals surface area contributed by atoms with E-state index in [1.54, 1.807) is 12.1 Å². The highest BCUT2D eigenvalue weighted by Crippen LogP contribution is 2.32. The predicted octanol–water partition coefficient (Wildman–Crippen LogP) is 2.89. The van der Waals surface area contributed by atoms with Gasteiger partial charge in [0.2, 0.25) is 11.8 Å². The molecular weight excluding hydrogens is 408 g/mol. The second-order valence-corrected chi connectivity index (χ2v) is 6.31. The van der Waals surface area contributed by atoms with Crippen molar-refractivity contribution in [3.63, 3.8) is 0 Å². The summed E-state index contributed by atoms with van der Waals surface area (Å²) in [6.07, 6.45) is -2.12. The zero-order chi connectivity index (χ0) is 21.5. The molecular formula is C16H14F4N2O5S. The molecule has 1 amide bonds. The Balaban J connectivity index is 0.000000280. The van der Waals surface area contributed by atoms with Crippen LogP contribution in [0.4, 0.5) is 17.6 Å². The Morgan fingerprint density at radius 3 is 2.32 bits per heavy atom. The van der Waals surface area contributed by atoms with E-state index in [-0.39, 0.29) is 6.07 Å². The molecule has 152 valence electrons. The highest BCUT2D eigenvalue weighted by atomic mass is 32.2. The van der Waals surface area contributed by atoms with Crippen molar-refractivity contribution in [3.8, 4) is 5.88 Å². The molecule has 1 aromatic heterocycles. The summed E-state index contributed by atoms with van der Waals surface area (Å²) in [6.45, 7) is 0. The molecule has 0 saturated carbocycles. The van der Waals surface area contributed by atoms with Gasteiger partial charge in [0, 0.05) is 12.3 Å². The number of nitrogens with zero attached hydrogens (tertiary/aromatic N) is 1. The number of aromatic nitrogens is 1. The lowest BCUT2D eigenvalue weighted by Gasteiger charge is -2.09. The largest absolute Gasteiger partial charge is 0.481 e. The van der Waals surface area contributed by atoms with Gasteiger partial charge in [-0.05, 0) is 35.9 Å². The minimum absolute atomic E-state index is 0.236. The van der Waals surface area contributed by atoms with Crippen LogP contribution in [0.5, 0.6) is 5.88 Å². The molecule has 28 heavy (non-hydrogen) atoms. The zero-order valence-corrected chi connectivity index (χ0v) is 15.0. The molecule has 12 heteroatoms. The number of hydrogen-bond donors (Lipinski definition) is 2. The molecule has 0 aliphatic rings. The van der Waals surface area contributed by atoms with Gasteiger partial charge in [0.25, 0.3) is 10.1 Å². The van der Waals surface area contributed by atoms with E-state index in [0.717, 1.165) is 6.07 Å². The molecule has 1 heterocycles. The smallest absolute Gasteiger partial charge is 0.417 e. The normalized spacial score (nSPS) is 11.6. The molecule has 0 fully saturated rings. The Bertz CT molecular complexity index is 958. The quantitative estimate of drug-likeness (QED) is 0.578. The summed E-state index contributed by atoms with van der Waals surface area (Å²) in [4.78, 5) is 14.4. The summed E-state index contributed by atoms with van der Waals surface area (Å²) in [5.74, 6) is -1.87. The number of benzene rings is 1. The van der Waals surface area contributed by atoms with Gasteiger partial charge < -0.3 is 10.5 Å². The maximum absolute atomic E-state index is 12.5. The number of halogens is 4. The number of rotatable bonds is 4. The van der Waals surface area contributed by atoms with Crippen LogP contribution in [-0.2, 0) is 16.3 Å². The van der Waals surface area contributed by atoms with Gasteiger partial charge >= 0.3 is 6.18 Å². The molecule has 0 spiro atoms. The van der Waals surface area contributed by atoms with Crippen molar-refractivity contribution in [3.05, 3.63) is 64.4 Å². The fourth-order valence-corrected chi connectivity index (χ4v) is 2.07. The standard InChI is InChI=1S/C8H5F4NO.C8H9NO4S/c9-4-1-2-5(7(13)14)6(3-4)8(10,11)12;1-13-8-3-2-7(6-9-8)4-5-14(10,11)12/h1-3H,(H2,13,14);2-6H,1H3,(H,10,11,12)/b;5-4+. The monoisotopic (exact) mass is 422 g/mol. The summed E-state index contributed by atoms with van der Waals surface area (Å²) in [7, 11) is -2.60. The summed E-state index contributed by atoms with van der Waals surface area (Å²) >= 11 is 0. The van der Waals surface area contributed by atoms with E-state index < -0.39 is 39.1 Å². The second-order valence-electron chi connectivity index (χ2n) is 5.00. The van der Waals surface area contributed by atoms with Crippen molar-refractivity contribution in [2.75, 3.05) is 7.11 Å². The number of amides is 1. The number of carbonyl (C=O) groups is 1. The Kier molecular flexibility index (Phi) is 7.64. The van der Waals surface area contributed by atoms with Crippen molar-refractivity contribution >= 4 is 22.1 Å². The van der Waals surface area contributed by atoms with Crippen molar-refractivity contribution in [1.82, 2.24) is 4.98 Å². The summed E-state index contributed by atoms with van der Waals surface area (Å²) < 4.78 is 83.1. The minimum atomic E-state index is -4.79. The van der Waals surface area contributed by atoms with E-state index in [1.165, 1.54) is 19.4 Å². The molecule has 3 N–H and O–H groups in total. The van der Waals surface area contributed by atoms with Crippen LogP contribution >= 0.6 is 0 Å². The number of nitrogens with two attached hydrogens (primary N) is 1. The maximum Gasteiger partial charge on any atom is 0.417 e.